The number of carbonyl (C=O) groups is 1. The first-order valence-electron chi connectivity index (χ1n) is 6.29. The van der Waals surface area contributed by atoms with Crippen LogP contribution in [0.1, 0.15) is 15.9 Å². The van der Waals surface area contributed by atoms with Crippen LogP contribution >= 0.6 is 15.9 Å². The van der Waals surface area contributed by atoms with Crippen LogP contribution in [0.5, 0.6) is 0 Å². The van der Waals surface area contributed by atoms with E-state index in [0.29, 0.717) is 27.4 Å². The minimum atomic E-state index is -0.544. The average molecular weight is 347 g/mol. The smallest absolute Gasteiger partial charge is 0.339 e. The van der Waals surface area contributed by atoms with Crippen molar-refractivity contribution in [3.05, 3.63) is 57.7 Å². The number of carbonyl (C=O) groups excluding carboxylic acids is 1. The van der Waals surface area contributed by atoms with Crippen LogP contribution in [0.15, 0.2) is 45.6 Å². The van der Waals surface area contributed by atoms with Gasteiger partial charge in [-0.05, 0) is 23.8 Å². The predicted octanol–water partition coefficient (Wildman–Crippen LogP) is 3.63. The maximum atomic E-state index is 12.7. The Labute approximate surface area is 128 Å². The highest BCUT2D eigenvalue weighted by Gasteiger charge is 2.20. The molecule has 21 heavy (non-hydrogen) atoms. The number of hydrogen-bond acceptors (Lipinski definition) is 4. The lowest BCUT2D eigenvalue weighted by Crippen LogP contribution is -2.12. The molecule has 1 aromatic heterocycles. The van der Waals surface area contributed by atoms with E-state index in [-0.39, 0.29) is 16.4 Å². The van der Waals surface area contributed by atoms with Gasteiger partial charge < -0.3 is 9.15 Å². The molecule has 2 aromatic carbocycles. The Morgan fingerprint density at radius 3 is 2.67 bits per heavy atom. The lowest BCUT2D eigenvalue weighted by molar-refractivity contribution is 0.0602. The number of hydrogen-bond donors (Lipinski definition) is 0. The summed E-state index contributed by atoms with van der Waals surface area (Å²) in [6.07, 6.45) is 0. The lowest BCUT2D eigenvalue weighted by atomic mass is 10.0. The van der Waals surface area contributed by atoms with E-state index in [2.05, 4.69) is 15.9 Å². The van der Waals surface area contributed by atoms with Gasteiger partial charge in [0, 0.05) is 5.33 Å². The summed E-state index contributed by atoms with van der Waals surface area (Å²) < 4.78 is 10.6. The number of alkyl halides is 1. The minimum Gasteiger partial charge on any atom is -0.465 e. The zero-order chi connectivity index (χ0) is 15.0. The molecule has 0 spiro atoms. The van der Waals surface area contributed by atoms with Crippen LogP contribution in [0.2, 0.25) is 0 Å². The lowest BCUT2D eigenvalue weighted by Gasteiger charge is -2.09. The van der Waals surface area contributed by atoms with Gasteiger partial charge in [0.25, 0.3) is 0 Å². The molecule has 0 aliphatic heterocycles. The summed E-state index contributed by atoms with van der Waals surface area (Å²) in [5, 5.41) is 1.15. The zero-order valence-electron chi connectivity index (χ0n) is 11.2. The number of rotatable bonds is 2. The summed E-state index contributed by atoms with van der Waals surface area (Å²) in [4.78, 5) is 24.8. The number of halogens is 1. The van der Waals surface area contributed by atoms with Gasteiger partial charge in [0.1, 0.15) is 11.2 Å². The molecule has 0 aliphatic rings. The van der Waals surface area contributed by atoms with E-state index in [4.69, 9.17) is 9.15 Å². The molecule has 0 amide bonds. The fourth-order valence-electron chi connectivity index (χ4n) is 2.38. The number of esters is 1. The van der Waals surface area contributed by atoms with Crippen molar-refractivity contribution in [3.8, 4) is 0 Å². The summed E-state index contributed by atoms with van der Waals surface area (Å²) in [6, 6.07) is 10.4. The summed E-state index contributed by atoms with van der Waals surface area (Å²) >= 11 is 3.33. The van der Waals surface area contributed by atoms with Crippen LogP contribution in [0, 0.1) is 0 Å². The molecule has 1 heterocycles. The molecule has 0 saturated carbocycles. The molecule has 3 rings (SSSR count). The van der Waals surface area contributed by atoms with Crippen molar-refractivity contribution in [3.63, 3.8) is 0 Å². The summed E-state index contributed by atoms with van der Waals surface area (Å²) in [6.45, 7) is 0. The van der Waals surface area contributed by atoms with E-state index in [0.717, 1.165) is 0 Å². The Balaban J connectivity index is 2.55. The summed E-state index contributed by atoms with van der Waals surface area (Å²) in [7, 11) is 1.29. The van der Waals surface area contributed by atoms with Crippen LogP contribution in [0.25, 0.3) is 21.9 Å². The average Bonchev–Trinajstić information content (AvgIpc) is 2.53. The Morgan fingerprint density at radius 2 is 1.95 bits per heavy atom. The van der Waals surface area contributed by atoms with Crippen molar-refractivity contribution in [2.24, 2.45) is 0 Å². The van der Waals surface area contributed by atoms with Gasteiger partial charge in [-0.2, -0.15) is 0 Å². The topological polar surface area (TPSA) is 56.5 Å². The molecule has 0 saturated heterocycles. The first-order valence-corrected chi connectivity index (χ1v) is 7.41. The van der Waals surface area contributed by atoms with Crippen LogP contribution < -0.4 is 5.43 Å². The van der Waals surface area contributed by atoms with E-state index >= 15 is 0 Å². The Bertz CT molecular complexity index is 911. The first-order chi connectivity index (χ1) is 10.2. The van der Waals surface area contributed by atoms with Gasteiger partial charge in [0.15, 0.2) is 0 Å². The van der Waals surface area contributed by atoms with E-state index in [1.165, 1.54) is 7.11 Å². The molecule has 0 atom stereocenters. The van der Waals surface area contributed by atoms with Crippen molar-refractivity contribution < 1.29 is 13.9 Å². The van der Waals surface area contributed by atoms with Crippen LogP contribution in [-0.4, -0.2) is 13.1 Å². The second-order valence-corrected chi connectivity index (χ2v) is 5.09. The first kappa shape index (κ1) is 13.8. The number of para-hydroxylation sites is 1. The Kier molecular flexibility index (Phi) is 3.51. The molecule has 0 fully saturated rings. The molecule has 0 unspecified atom stereocenters. The molecule has 0 N–H and O–H groups in total. The quantitative estimate of drug-likeness (QED) is 0.404. The van der Waals surface area contributed by atoms with Gasteiger partial charge in [0.2, 0.25) is 5.43 Å². The highest BCUT2D eigenvalue weighted by atomic mass is 79.9. The van der Waals surface area contributed by atoms with Crippen LogP contribution in [-0.2, 0) is 10.1 Å². The molecule has 5 heteroatoms. The second-order valence-electron chi connectivity index (χ2n) is 4.53. The Morgan fingerprint density at radius 1 is 1.19 bits per heavy atom. The number of methoxy groups -OCH3 is 1. The van der Waals surface area contributed by atoms with Crippen molar-refractivity contribution in [1.82, 2.24) is 0 Å². The molecule has 3 aromatic rings. The molecular weight excluding hydrogens is 336 g/mol. The number of fused-ring (bicyclic) bond motifs is 2. The van der Waals surface area contributed by atoms with Gasteiger partial charge in [0.05, 0.1) is 23.4 Å². The monoisotopic (exact) mass is 346 g/mol. The molecule has 4 nitrogen and oxygen atoms in total. The van der Waals surface area contributed by atoms with E-state index in [1.54, 1.807) is 36.4 Å². The highest BCUT2D eigenvalue weighted by Crippen LogP contribution is 2.25. The standard InChI is InChI=1S/C16H11BrO4/c1-20-16(19)13-9(8-17)6-7-12-14(13)15(18)10-4-2-3-5-11(10)21-12/h2-7H,8H2,1H3. The van der Waals surface area contributed by atoms with E-state index in [9.17, 15) is 9.59 Å². The number of ether oxygens (including phenoxy) is 1. The van der Waals surface area contributed by atoms with E-state index < -0.39 is 5.97 Å². The third-order valence-corrected chi connectivity index (χ3v) is 3.97. The zero-order valence-corrected chi connectivity index (χ0v) is 12.8. The largest absolute Gasteiger partial charge is 0.465 e. The summed E-state index contributed by atoms with van der Waals surface area (Å²) in [5.41, 5.74) is 1.60. The van der Waals surface area contributed by atoms with Crippen LogP contribution in [0.3, 0.4) is 0 Å². The van der Waals surface area contributed by atoms with Gasteiger partial charge in [-0.1, -0.05) is 34.1 Å². The third-order valence-electron chi connectivity index (χ3n) is 3.37. The van der Waals surface area contributed by atoms with Crippen molar-refractivity contribution in [2.45, 2.75) is 5.33 Å². The molecule has 0 radical (unpaired) electrons. The van der Waals surface area contributed by atoms with E-state index in [1.807, 2.05) is 0 Å². The number of benzene rings is 2. The fourth-order valence-corrected chi connectivity index (χ4v) is 2.85. The Hall–Kier alpha value is -2.14. The maximum absolute atomic E-state index is 12.7. The van der Waals surface area contributed by atoms with Crippen molar-refractivity contribution >= 4 is 43.8 Å². The maximum Gasteiger partial charge on any atom is 0.339 e. The molecule has 0 aliphatic carbocycles. The van der Waals surface area contributed by atoms with Gasteiger partial charge in [-0.15, -0.1) is 0 Å². The minimum absolute atomic E-state index is 0.227. The van der Waals surface area contributed by atoms with Gasteiger partial charge in [-0.3, -0.25) is 4.79 Å². The van der Waals surface area contributed by atoms with Crippen molar-refractivity contribution in [2.75, 3.05) is 7.11 Å². The predicted molar refractivity (Wildman–Crippen MR) is 84.0 cm³/mol. The van der Waals surface area contributed by atoms with Gasteiger partial charge >= 0.3 is 5.97 Å². The molecule has 0 bridgehead atoms. The third kappa shape index (κ3) is 2.14. The van der Waals surface area contributed by atoms with Crippen LogP contribution in [0.4, 0.5) is 0 Å². The normalized spacial score (nSPS) is 11.0. The summed E-state index contributed by atoms with van der Waals surface area (Å²) in [5.74, 6) is -0.544. The highest BCUT2D eigenvalue weighted by molar-refractivity contribution is 9.08. The second kappa shape index (κ2) is 5.33. The van der Waals surface area contributed by atoms with Gasteiger partial charge in [-0.25, -0.2) is 4.79 Å². The SMILES string of the molecule is COC(=O)c1c(CBr)ccc2oc3ccccc3c(=O)c12. The molecule has 106 valence electrons. The van der Waals surface area contributed by atoms with Crippen molar-refractivity contribution in [1.29, 1.82) is 0 Å². The fraction of sp³-hybridized carbons (Fsp3) is 0.125. The molecular formula is C16H11BrO4.